The Balaban J connectivity index is 1.54. The average molecular weight is 353 g/mol. The molecule has 3 aromatic heterocycles. The SMILES string of the molecule is Cc1cc(N2CCCC(NC(=O)c3cn(C)cn3)C2)n2nc(C)cc2n1. The number of nitrogens with zero attached hydrogens (tertiary/aromatic N) is 6. The number of carbonyl (C=O) groups is 1. The standard InChI is InChI=1S/C18H23N7O/c1-12-8-17(25-16(20-12)7-13(2)22-25)24-6-4-5-14(9-24)21-18(26)15-10-23(3)11-19-15/h7-8,10-11,14H,4-6,9H2,1-3H3,(H,21,26). The summed E-state index contributed by atoms with van der Waals surface area (Å²) in [6.45, 7) is 5.65. The predicted molar refractivity (Wildman–Crippen MR) is 98.4 cm³/mol. The Labute approximate surface area is 151 Å². The first-order chi connectivity index (χ1) is 12.5. The number of hydrogen-bond donors (Lipinski definition) is 1. The van der Waals surface area contributed by atoms with Gasteiger partial charge in [0.25, 0.3) is 5.91 Å². The molecule has 1 atom stereocenters. The fraction of sp³-hybridized carbons (Fsp3) is 0.444. The van der Waals surface area contributed by atoms with Crippen molar-refractivity contribution in [3.8, 4) is 0 Å². The minimum atomic E-state index is -0.122. The minimum absolute atomic E-state index is 0.0819. The Kier molecular flexibility index (Phi) is 4.10. The molecule has 0 saturated carbocycles. The van der Waals surface area contributed by atoms with Crippen LogP contribution in [0.3, 0.4) is 0 Å². The molecule has 3 aromatic rings. The van der Waals surface area contributed by atoms with Gasteiger partial charge in [-0.2, -0.15) is 9.61 Å². The molecule has 1 amide bonds. The van der Waals surface area contributed by atoms with Crippen LogP contribution in [0.15, 0.2) is 24.7 Å². The topological polar surface area (TPSA) is 80.4 Å². The summed E-state index contributed by atoms with van der Waals surface area (Å²) in [7, 11) is 1.86. The summed E-state index contributed by atoms with van der Waals surface area (Å²) in [5.74, 6) is 0.904. The van der Waals surface area contributed by atoms with Gasteiger partial charge in [-0.3, -0.25) is 4.79 Å². The summed E-state index contributed by atoms with van der Waals surface area (Å²) in [6.07, 6.45) is 5.34. The second kappa shape index (κ2) is 6.44. The molecule has 0 radical (unpaired) electrons. The Morgan fingerprint density at radius 1 is 1.27 bits per heavy atom. The highest BCUT2D eigenvalue weighted by Crippen LogP contribution is 2.22. The van der Waals surface area contributed by atoms with E-state index in [0.29, 0.717) is 5.69 Å². The molecule has 1 saturated heterocycles. The second-order valence-corrected chi connectivity index (χ2v) is 6.99. The van der Waals surface area contributed by atoms with E-state index in [0.717, 1.165) is 48.8 Å². The van der Waals surface area contributed by atoms with Gasteiger partial charge >= 0.3 is 0 Å². The number of fused-ring (bicyclic) bond motifs is 1. The largest absolute Gasteiger partial charge is 0.354 e. The highest BCUT2D eigenvalue weighted by Gasteiger charge is 2.24. The van der Waals surface area contributed by atoms with Crippen molar-refractivity contribution in [1.29, 1.82) is 0 Å². The number of hydrogen-bond acceptors (Lipinski definition) is 5. The van der Waals surface area contributed by atoms with Gasteiger partial charge in [0.2, 0.25) is 0 Å². The Bertz CT molecular complexity index is 958. The Hall–Kier alpha value is -2.90. The lowest BCUT2D eigenvalue weighted by molar-refractivity contribution is 0.0928. The molecule has 4 heterocycles. The van der Waals surface area contributed by atoms with E-state index in [4.69, 9.17) is 0 Å². The molecule has 1 unspecified atom stereocenters. The lowest BCUT2D eigenvalue weighted by atomic mass is 10.1. The zero-order valence-electron chi connectivity index (χ0n) is 15.3. The van der Waals surface area contributed by atoms with Gasteiger partial charge < -0.3 is 14.8 Å². The molecule has 0 aliphatic carbocycles. The van der Waals surface area contributed by atoms with Gasteiger partial charge in [-0.05, 0) is 26.7 Å². The summed E-state index contributed by atoms with van der Waals surface area (Å²) in [5, 5.41) is 7.69. The molecule has 0 bridgehead atoms. The van der Waals surface area contributed by atoms with E-state index in [2.05, 4.69) is 31.3 Å². The molecular weight excluding hydrogens is 330 g/mol. The molecule has 0 spiro atoms. The molecule has 136 valence electrons. The first kappa shape index (κ1) is 16.6. The van der Waals surface area contributed by atoms with E-state index >= 15 is 0 Å². The fourth-order valence-corrected chi connectivity index (χ4v) is 3.51. The van der Waals surface area contributed by atoms with E-state index in [1.165, 1.54) is 0 Å². The van der Waals surface area contributed by atoms with Gasteiger partial charge in [0.15, 0.2) is 5.65 Å². The van der Waals surface area contributed by atoms with E-state index in [9.17, 15) is 4.79 Å². The molecule has 1 aliphatic rings. The van der Waals surface area contributed by atoms with Crippen LogP contribution in [-0.2, 0) is 7.05 Å². The monoisotopic (exact) mass is 353 g/mol. The van der Waals surface area contributed by atoms with Gasteiger partial charge in [0.1, 0.15) is 11.5 Å². The van der Waals surface area contributed by atoms with Crippen molar-refractivity contribution in [2.45, 2.75) is 32.7 Å². The zero-order valence-corrected chi connectivity index (χ0v) is 15.3. The van der Waals surface area contributed by atoms with E-state index in [-0.39, 0.29) is 11.9 Å². The maximum atomic E-state index is 12.4. The van der Waals surface area contributed by atoms with Crippen LogP contribution in [0.5, 0.6) is 0 Å². The van der Waals surface area contributed by atoms with Crippen molar-refractivity contribution in [1.82, 2.24) is 29.5 Å². The van der Waals surface area contributed by atoms with Gasteiger partial charge in [-0.15, -0.1) is 0 Å². The lowest BCUT2D eigenvalue weighted by Gasteiger charge is -2.34. The molecule has 1 N–H and O–H groups in total. The van der Waals surface area contributed by atoms with E-state index in [1.54, 1.807) is 17.1 Å². The van der Waals surface area contributed by atoms with Gasteiger partial charge in [0.05, 0.1) is 12.0 Å². The van der Waals surface area contributed by atoms with Crippen molar-refractivity contribution in [2.75, 3.05) is 18.0 Å². The maximum absolute atomic E-state index is 12.4. The third-order valence-electron chi connectivity index (χ3n) is 4.68. The number of aryl methyl sites for hydroxylation is 3. The summed E-state index contributed by atoms with van der Waals surface area (Å²) >= 11 is 0. The normalized spacial score (nSPS) is 17.7. The molecule has 26 heavy (non-hydrogen) atoms. The van der Waals surface area contributed by atoms with Crippen LogP contribution in [0, 0.1) is 13.8 Å². The quantitative estimate of drug-likeness (QED) is 0.771. The summed E-state index contributed by atoms with van der Waals surface area (Å²) in [4.78, 5) is 23.4. The van der Waals surface area contributed by atoms with E-state index in [1.807, 2.05) is 31.5 Å². The third kappa shape index (κ3) is 3.14. The highest BCUT2D eigenvalue weighted by molar-refractivity contribution is 5.92. The van der Waals surface area contributed by atoms with Gasteiger partial charge in [0, 0.05) is 50.2 Å². The van der Waals surface area contributed by atoms with Crippen LogP contribution in [-0.4, -0.2) is 49.2 Å². The van der Waals surface area contributed by atoms with Crippen molar-refractivity contribution >= 4 is 17.4 Å². The van der Waals surface area contributed by atoms with Crippen molar-refractivity contribution in [3.63, 3.8) is 0 Å². The summed E-state index contributed by atoms with van der Waals surface area (Å²) < 4.78 is 3.67. The molecule has 1 aliphatic heterocycles. The smallest absolute Gasteiger partial charge is 0.271 e. The van der Waals surface area contributed by atoms with Gasteiger partial charge in [-0.1, -0.05) is 0 Å². The first-order valence-corrected chi connectivity index (χ1v) is 8.87. The number of nitrogens with one attached hydrogen (secondary N) is 1. The van der Waals surface area contributed by atoms with Crippen molar-refractivity contribution < 1.29 is 4.79 Å². The first-order valence-electron chi connectivity index (χ1n) is 8.87. The van der Waals surface area contributed by atoms with Crippen molar-refractivity contribution in [2.24, 2.45) is 7.05 Å². The van der Waals surface area contributed by atoms with Crippen LogP contribution >= 0.6 is 0 Å². The average Bonchev–Trinajstić information content (AvgIpc) is 3.19. The highest BCUT2D eigenvalue weighted by atomic mass is 16.2. The van der Waals surface area contributed by atoms with Crippen LogP contribution < -0.4 is 10.2 Å². The number of aromatic nitrogens is 5. The van der Waals surface area contributed by atoms with E-state index < -0.39 is 0 Å². The Morgan fingerprint density at radius 2 is 2.12 bits per heavy atom. The number of carbonyl (C=O) groups excluding carboxylic acids is 1. The lowest BCUT2D eigenvalue weighted by Crippen LogP contribution is -2.48. The number of rotatable bonds is 3. The van der Waals surface area contributed by atoms with Gasteiger partial charge in [-0.25, -0.2) is 9.97 Å². The minimum Gasteiger partial charge on any atom is -0.354 e. The number of anilines is 1. The molecule has 0 aromatic carbocycles. The van der Waals surface area contributed by atoms with Crippen LogP contribution in [0.4, 0.5) is 5.82 Å². The number of amides is 1. The van der Waals surface area contributed by atoms with Crippen LogP contribution in [0.2, 0.25) is 0 Å². The predicted octanol–water partition coefficient (Wildman–Crippen LogP) is 1.48. The summed E-state index contributed by atoms with van der Waals surface area (Å²) in [6, 6.07) is 4.13. The maximum Gasteiger partial charge on any atom is 0.271 e. The van der Waals surface area contributed by atoms with Crippen LogP contribution in [0.1, 0.15) is 34.7 Å². The molecule has 8 heteroatoms. The number of imidazole rings is 1. The number of piperidine rings is 1. The summed E-state index contributed by atoms with van der Waals surface area (Å²) in [5.41, 5.74) is 3.22. The third-order valence-corrected chi connectivity index (χ3v) is 4.68. The van der Waals surface area contributed by atoms with Crippen LogP contribution in [0.25, 0.3) is 5.65 Å². The Morgan fingerprint density at radius 3 is 2.88 bits per heavy atom. The molecular formula is C18H23N7O. The molecule has 1 fully saturated rings. The molecule has 8 nitrogen and oxygen atoms in total. The fourth-order valence-electron chi connectivity index (χ4n) is 3.51. The second-order valence-electron chi connectivity index (χ2n) is 6.99. The molecule has 4 rings (SSSR count). The zero-order chi connectivity index (χ0) is 18.3. The van der Waals surface area contributed by atoms with Crippen molar-refractivity contribution in [3.05, 3.63) is 41.7 Å².